The number of hydrogen-bond acceptors (Lipinski definition) is 5. The van der Waals surface area contributed by atoms with E-state index in [1.807, 2.05) is 6.26 Å². The van der Waals surface area contributed by atoms with Crippen molar-refractivity contribution in [3.8, 4) is 0 Å². The highest BCUT2D eigenvalue weighted by molar-refractivity contribution is 7.98. The fourth-order valence-corrected chi connectivity index (χ4v) is 5.53. The van der Waals surface area contributed by atoms with Gasteiger partial charge in [-0.1, -0.05) is 18.2 Å². The zero-order valence-electron chi connectivity index (χ0n) is 15.0. The van der Waals surface area contributed by atoms with E-state index < -0.39 is 16.1 Å². The van der Waals surface area contributed by atoms with Crippen LogP contribution in [-0.2, 0) is 14.8 Å². The van der Waals surface area contributed by atoms with Crippen LogP contribution < -0.4 is 15.4 Å². The van der Waals surface area contributed by atoms with E-state index in [2.05, 4.69) is 15.4 Å². The number of rotatable bonds is 8. The summed E-state index contributed by atoms with van der Waals surface area (Å²) in [6.07, 6.45) is 6.58. The Morgan fingerprint density at radius 2 is 1.88 bits per heavy atom. The molecule has 26 heavy (non-hydrogen) atoms. The molecule has 0 radical (unpaired) electrons. The molecule has 2 bridgehead atoms. The molecule has 0 aromatic heterocycles. The predicted molar refractivity (Wildman–Crippen MR) is 105 cm³/mol. The van der Waals surface area contributed by atoms with Crippen molar-refractivity contribution >= 4 is 27.7 Å². The number of hydrogen-bond donors (Lipinski definition) is 3. The summed E-state index contributed by atoms with van der Waals surface area (Å²) in [7, 11) is -3.72. The highest BCUT2D eigenvalue weighted by Gasteiger charge is 2.35. The molecule has 144 valence electrons. The third-order valence-electron chi connectivity index (χ3n) is 5.10. The number of carbonyl (C=O) groups is 1. The lowest BCUT2D eigenvalue weighted by Gasteiger charge is -2.31. The Labute approximate surface area is 159 Å². The number of benzene rings is 1. The Balaban J connectivity index is 1.66. The molecule has 2 aliphatic rings. The largest absolute Gasteiger partial charge is 0.352 e. The van der Waals surface area contributed by atoms with Crippen LogP contribution in [0.15, 0.2) is 35.2 Å². The van der Waals surface area contributed by atoms with Gasteiger partial charge in [0.1, 0.15) is 6.04 Å². The maximum absolute atomic E-state index is 12.8. The molecule has 1 aromatic carbocycles. The third-order valence-corrected chi connectivity index (χ3v) is 7.23. The Morgan fingerprint density at radius 3 is 2.50 bits per heavy atom. The van der Waals surface area contributed by atoms with E-state index in [1.165, 1.54) is 12.1 Å². The summed E-state index contributed by atoms with van der Waals surface area (Å²) in [6, 6.07) is 8.52. The van der Waals surface area contributed by atoms with Crippen LogP contribution in [0.3, 0.4) is 0 Å². The van der Waals surface area contributed by atoms with Crippen molar-refractivity contribution in [2.24, 2.45) is 0 Å². The van der Waals surface area contributed by atoms with Crippen molar-refractivity contribution in [1.29, 1.82) is 0 Å². The van der Waals surface area contributed by atoms with Crippen LogP contribution in [0.25, 0.3) is 0 Å². The SMILES string of the molecule is CSCCC(NS(=O)(=O)c1ccccc1)C(=O)NC1CC2CCC(C1)N2. The average Bonchev–Trinajstić information content (AvgIpc) is 2.97. The lowest BCUT2D eigenvalue weighted by molar-refractivity contribution is -0.123. The van der Waals surface area contributed by atoms with Gasteiger partial charge < -0.3 is 10.6 Å². The minimum atomic E-state index is -3.72. The molecular weight excluding hydrogens is 370 g/mol. The van der Waals surface area contributed by atoms with Crippen molar-refractivity contribution in [3.05, 3.63) is 30.3 Å². The van der Waals surface area contributed by atoms with Crippen molar-refractivity contribution in [3.63, 3.8) is 0 Å². The molecule has 2 aliphatic heterocycles. The molecule has 2 fully saturated rings. The number of fused-ring (bicyclic) bond motifs is 2. The topological polar surface area (TPSA) is 87.3 Å². The quantitative estimate of drug-likeness (QED) is 0.619. The standard InChI is InChI=1S/C18H27N3O3S2/c1-25-10-9-17(21-26(23,24)16-5-3-2-4-6-16)18(22)20-15-11-13-7-8-14(12-15)19-13/h2-6,13-15,17,19,21H,7-12H2,1H3,(H,20,22). The van der Waals surface area contributed by atoms with Crippen molar-refractivity contribution < 1.29 is 13.2 Å². The summed E-state index contributed by atoms with van der Waals surface area (Å²) < 4.78 is 27.8. The minimum Gasteiger partial charge on any atom is -0.352 e. The zero-order chi connectivity index (χ0) is 18.6. The number of sulfonamides is 1. The fraction of sp³-hybridized carbons (Fsp3) is 0.611. The summed E-state index contributed by atoms with van der Waals surface area (Å²) in [5, 5.41) is 6.64. The van der Waals surface area contributed by atoms with E-state index in [-0.39, 0.29) is 16.8 Å². The van der Waals surface area contributed by atoms with Gasteiger partial charge in [0.25, 0.3) is 0 Å². The molecule has 0 aliphatic carbocycles. The van der Waals surface area contributed by atoms with Crippen molar-refractivity contribution in [2.45, 2.75) is 61.2 Å². The number of amides is 1. The van der Waals surface area contributed by atoms with E-state index in [9.17, 15) is 13.2 Å². The molecule has 1 amide bonds. The van der Waals surface area contributed by atoms with Gasteiger partial charge in [-0.2, -0.15) is 16.5 Å². The lowest BCUT2D eigenvalue weighted by atomic mass is 9.99. The van der Waals surface area contributed by atoms with Gasteiger partial charge in [-0.15, -0.1) is 0 Å². The van der Waals surface area contributed by atoms with Crippen LogP contribution in [0, 0.1) is 0 Å². The van der Waals surface area contributed by atoms with Gasteiger partial charge in [-0.25, -0.2) is 8.42 Å². The van der Waals surface area contributed by atoms with Gasteiger partial charge in [0.2, 0.25) is 15.9 Å². The molecular formula is C18H27N3O3S2. The van der Waals surface area contributed by atoms with Crippen LogP contribution in [0.5, 0.6) is 0 Å². The van der Waals surface area contributed by atoms with Crippen molar-refractivity contribution in [2.75, 3.05) is 12.0 Å². The first-order valence-electron chi connectivity index (χ1n) is 9.10. The van der Waals surface area contributed by atoms with Crippen LogP contribution >= 0.6 is 11.8 Å². The Morgan fingerprint density at radius 1 is 1.23 bits per heavy atom. The fourth-order valence-electron chi connectivity index (χ4n) is 3.81. The predicted octanol–water partition coefficient (Wildman–Crippen LogP) is 1.49. The summed E-state index contributed by atoms with van der Waals surface area (Å²) in [5.74, 6) is 0.497. The van der Waals surface area contributed by atoms with Crippen LogP contribution in [0.2, 0.25) is 0 Å². The molecule has 3 atom stereocenters. The smallest absolute Gasteiger partial charge is 0.241 e. The summed E-state index contributed by atoms with van der Waals surface area (Å²) in [6.45, 7) is 0. The van der Waals surface area contributed by atoms with E-state index in [0.29, 0.717) is 24.3 Å². The maximum Gasteiger partial charge on any atom is 0.241 e. The first-order valence-corrected chi connectivity index (χ1v) is 12.0. The molecule has 6 nitrogen and oxygen atoms in total. The van der Waals surface area contributed by atoms with E-state index >= 15 is 0 Å². The van der Waals surface area contributed by atoms with Crippen LogP contribution in [0.4, 0.5) is 0 Å². The number of piperidine rings is 1. The minimum absolute atomic E-state index is 0.124. The summed E-state index contributed by atoms with van der Waals surface area (Å²) in [4.78, 5) is 13.0. The zero-order valence-corrected chi connectivity index (χ0v) is 16.6. The molecule has 0 spiro atoms. The number of carbonyl (C=O) groups excluding carboxylic acids is 1. The van der Waals surface area contributed by atoms with Gasteiger partial charge in [-0.3, -0.25) is 4.79 Å². The first-order chi connectivity index (χ1) is 12.5. The molecule has 1 aromatic rings. The average molecular weight is 398 g/mol. The van der Waals surface area contributed by atoms with Gasteiger partial charge in [0.15, 0.2) is 0 Å². The molecule has 3 rings (SSSR count). The third kappa shape index (κ3) is 5.00. The van der Waals surface area contributed by atoms with Gasteiger partial charge in [-0.05, 0) is 56.2 Å². The molecule has 8 heteroatoms. The summed E-state index contributed by atoms with van der Waals surface area (Å²) >= 11 is 1.60. The second-order valence-electron chi connectivity index (χ2n) is 7.08. The second kappa shape index (κ2) is 8.73. The molecule has 2 heterocycles. The monoisotopic (exact) mass is 397 g/mol. The highest BCUT2D eigenvalue weighted by Crippen LogP contribution is 2.26. The first kappa shape index (κ1) is 19.7. The van der Waals surface area contributed by atoms with Crippen LogP contribution in [-0.4, -0.2) is 50.5 Å². The van der Waals surface area contributed by atoms with E-state index in [4.69, 9.17) is 0 Å². The van der Waals surface area contributed by atoms with E-state index in [1.54, 1.807) is 30.0 Å². The Kier molecular flexibility index (Phi) is 6.60. The lowest BCUT2D eigenvalue weighted by Crippen LogP contribution is -2.53. The molecule has 3 N–H and O–H groups in total. The molecule has 0 saturated carbocycles. The van der Waals surface area contributed by atoms with Gasteiger partial charge in [0.05, 0.1) is 4.90 Å². The van der Waals surface area contributed by atoms with Crippen molar-refractivity contribution in [1.82, 2.24) is 15.4 Å². The highest BCUT2D eigenvalue weighted by atomic mass is 32.2. The second-order valence-corrected chi connectivity index (χ2v) is 9.78. The van der Waals surface area contributed by atoms with Gasteiger partial charge >= 0.3 is 0 Å². The van der Waals surface area contributed by atoms with Gasteiger partial charge in [0, 0.05) is 18.1 Å². The molecule has 3 unspecified atom stereocenters. The van der Waals surface area contributed by atoms with E-state index in [0.717, 1.165) is 25.7 Å². The van der Waals surface area contributed by atoms with Crippen LogP contribution in [0.1, 0.15) is 32.1 Å². The number of nitrogens with one attached hydrogen (secondary N) is 3. The Hall–Kier alpha value is -1.09. The summed E-state index contributed by atoms with van der Waals surface area (Å²) in [5.41, 5.74) is 0. The number of thioether (sulfide) groups is 1. The molecule has 2 saturated heterocycles. The maximum atomic E-state index is 12.8. The Bertz CT molecular complexity index is 700. The normalized spacial score (nSPS) is 26.4.